The van der Waals surface area contributed by atoms with Crippen LogP contribution in [0.1, 0.15) is 47.5 Å². The van der Waals surface area contributed by atoms with Crippen LogP contribution in [0.4, 0.5) is 0 Å². The molecule has 0 radical (unpaired) electrons. The van der Waals surface area contributed by atoms with E-state index in [-0.39, 0.29) is 11.7 Å². The molecule has 2 unspecified atom stereocenters. The van der Waals surface area contributed by atoms with Crippen molar-refractivity contribution >= 4 is 17.6 Å². The van der Waals surface area contributed by atoms with Gasteiger partial charge in [-0.2, -0.15) is 0 Å². The lowest BCUT2D eigenvalue weighted by Gasteiger charge is -2.37. The second kappa shape index (κ2) is 3.91. The summed E-state index contributed by atoms with van der Waals surface area (Å²) < 4.78 is 5.81. The van der Waals surface area contributed by atoms with Gasteiger partial charge in [0.25, 0.3) is 0 Å². The van der Waals surface area contributed by atoms with Crippen LogP contribution in [-0.2, 0) is 0 Å². The summed E-state index contributed by atoms with van der Waals surface area (Å²) in [5.41, 5.74) is 1.18. The minimum atomic E-state index is -0.969. The maximum Gasteiger partial charge on any atom is 0.339 e. The number of ether oxygens (including phenoxy) is 1. The number of hydrogen-bond acceptors (Lipinski definition) is 2. The maximum absolute atomic E-state index is 11.2. The van der Waals surface area contributed by atoms with E-state index >= 15 is 0 Å². The quantitative estimate of drug-likeness (QED) is 0.833. The molecule has 0 amide bonds. The van der Waals surface area contributed by atoms with Crippen molar-refractivity contribution in [1.82, 2.24) is 0 Å². The molecule has 1 aromatic carbocycles. The van der Waals surface area contributed by atoms with Crippen LogP contribution < -0.4 is 4.74 Å². The Bertz CT molecular complexity index is 484. The zero-order valence-electron chi connectivity index (χ0n) is 9.28. The summed E-state index contributed by atoms with van der Waals surface area (Å²) in [7, 11) is 0. The molecule has 0 spiro atoms. The second-order valence-electron chi connectivity index (χ2n) is 4.78. The number of benzene rings is 1. The molecule has 1 saturated carbocycles. The molecule has 3 rings (SSSR count). The van der Waals surface area contributed by atoms with Crippen molar-refractivity contribution < 1.29 is 14.6 Å². The molecular formula is C13H13ClO3. The first-order valence-electron chi connectivity index (χ1n) is 5.88. The standard InChI is InChI=1S/C13H13ClO3/c14-8-5-10-7-2-1-3-9(4-7)17-12(10)11(6-8)13(15)16/h5-7,9H,1-4H2,(H,15,16). The molecule has 2 aliphatic rings. The molecular weight excluding hydrogens is 240 g/mol. The van der Waals surface area contributed by atoms with Gasteiger partial charge in [-0.05, 0) is 49.3 Å². The first-order chi connectivity index (χ1) is 8.15. The Morgan fingerprint density at radius 3 is 3.00 bits per heavy atom. The van der Waals surface area contributed by atoms with E-state index < -0.39 is 5.97 Å². The van der Waals surface area contributed by atoms with Crippen LogP contribution in [0.25, 0.3) is 0 Å². The number of carboxylic acids is 1. The van der Waals surface area contributed by atoms with Crippen molar-refractivity contribution in [3.63, 3.8) is 0 Å². The maximum atomic E-state index is 11.2. The van der Waals surface area contributed by atoms with Gasteiger partial charge in [0.1, 0.15) is 11.3 Å². The zero-order valence-corrected chi connectivity index (χ0v) is 10.0. The fraction of sp³-hybridized carbons (Fsp3) is 0.462. The summed E-state index contributed by atoms with van der Waals surface area (Å²) in [4.78, 5) is 11.2. The molecule has 2 atom stereocenters. The van der Waals surface area contributed by atoms with Crippen molar-refractivity contribution in [2.75, 3.05) is 0 Å². The molecule has 1 aliphatic heterocycles. The van der Waals surface area contributed by atoms with E-state index in [1.165, 1.54) is 6.07 Å². The molecule has 3 nitrogen and oxygen atoms in total. The largest absolute Gasteiger partial charge is 0.489 e. The highest BCUT2D eigenvalue weighted by Crippen LogP contribution is 2.46. The van der Waals surface area contributed by atoms with E-state index in [1.807, 2.05) is 6.07 Å². The van der Waals surface area contributed by atoms with Crippen molar-refractivity contribution in [2.45, 2.75) is 37.7 Å². The van der Waals surface area contributed by atoms with Gasteiger partial charge in [0, 0.05) is 5.02 Å². The Hall–Kier alpha value is -1.22. The third kappa shape index (κ3) is 1.78. The highest BCUT2D eigenvalue weighted by molar-refractivity contribution is 6.31. The molecule has 2 bridgehead atoms. The van der Waals surface area contributed by atoms with Gasteiger partial charge in [0.15, 0.2) is 0 Å². The molecule has 1 fully saturated rings. The van der Waals surface area contributed by atoms with E-state index in [9.17, 15) is 9.90 Å². The Balaban J connectivity index is 2.16. The van der Waals surface area contributed by atoms with Gasteiger partial charge in [-0.15, -0.1) is 0 Å². The van der Waals surface area contributed by atoms with Crippen LogP contribution in [-0.4, -0.2) is 17.2 Å². The third-order valence-electron chi connectivity index (χ3n) is 3.66. The minimum Gasteiger partial charge on any atom is -0.489 e. The van der Waals surface area contributed by atoms with Crippen LogP contribution >= 0.6 is 11.6 Å². The van der Waals surface area contributed by atoms with Crippen molar-refractivity contribution in [2.24, 2.45) is 0 Å². The highest BCUT2D eigenvalue weighted by atomic mass is 35.5. The van der Waals surface area contributed by atoms with E-state index in [2.05, 4.69) is 0 Å². The fourth-order valence-corrected chi connectivity index (χ4v) is 3.14. The fourth-order valence-electron chi connectivity index (χ4n) is 2.91. The lowest BCUT2D eigenvalue weighted by Crippen LogP contribution is -2.30. The monoisotopic (exact) mass is 252 g/mol. The molecule has 17 heavy (non-hydrogen) atoms. The molecule has 0 saturated heterocycles. The van der Waals surface area contributed by atoms with Crippen LogP contribution in [0.2, 0.25) is 5.02 Å². The normalized spacial score (nSPS) is 25.9. The number of hydrogen-bond donors (Lipinski definition) is 1. The molecule has 1 aliphatic carbocycles. The SMILES string of the molecule is O=C(O)c1cc(Cl)cc2c1OC1CCCC2C1. The number of halogens is 1. The van der Waals surface area contributed by atoms with Gasteiger partial charge in [-0.25, -0.2) is 4.79 Å². The van der Waals surface area contributed by atoms with Crippen molar-refractivity contribution in [3.8, 4) is 5.75 Å². The number of carboxylic acid groups (broad SMARTS) is 1. The van der Waals surface area contributed by atoms with Crippen LogP contribution in [0, 0.1) is 0 Å². The lowest BCUT2D eigenvalue weighted by molar-refractivity contribution is 0.0676. The summed E-state index contributed by atoms with van der Waals surface area (Å²) in [6.45, 7) is 0. The minimum absolute atomic E-state index is 0.181. The van der Waals surface area contributed by atoms with Gasteiger partial charge in [0.2, 0.25) is 0 Å². The molecule has 1 N–H and O–H groups in total. The summed E-state index contributed by atoms with van der Waals surface area (Å²) in [6, 6.07) is 3.33. The van der Waals surface area contributed by atoms with Gasteiger partial charge in [0.05, 0.1) is 6.10 Å². The first-order valence-corrected chi connectivity index (χ1v) is 6.26. The summed E-state index contributed by atoms with van der Waals surface area (Å²) in [6.07, 6.45) is 4.44. The summed E-state index contributed by atoms with van der Waals surface area (Å²) >= 11 is 5.98. The zero-order chi connectivity index (χ0) is 12.0. The molecule has 1 aromatic rings. The Morgan fingerprint density at radius 2 is 2.24 bits per heavy atom. The van der Waals surface area contributed by atoms with E-state index in [0.29, 0.717) is 16.7 Å². The number of fused-ring (bicyclic) bond motifs is 4. The van der Waals surface area contributed by atoms with Gasteiger partial charge >= 0.3 is 5.97 Å². The molecule has 1 heterocycles. The van der Waals surface area contributed by atoms with E-state index in [1.54, 1.807) is 0 Å². The van der Waals surface area contributed by atoms with Crippen LogP contribution in [0.3, 0.4) is 0 Å². The summed E-state index contributed by atoms with van der Waals surface area (Å²) in [5, 5.41) is 9.67. The Kier molecular flexibility index (Phi) is 2.51. The van der Waals surface area contributed by atoms with Crippen molar-refractivity contribution in [3.05, 3.63) is 28.3 Å². The van der Waals surface area contributed by atoms with Crippen molar-refractivity contribution in [1.29, 1.82) is 0 Å². The number of aromatic carboxylic acids is 1. The average molecular weight is 253 g/mol. The first kappa shape index (κ1) is 10.9. The van der Waals surface area contributed by atoms with Gasteiger partial charge in [-0.3, -0.25) is 0 Å². The van der Waals surface area contributed by atoms with Crippen LogP contribution in [0.15, 0.2) is 12.1 Å². The van der Waals surface area contributed by atoms with Gasteiger partial charge in [-0.1, -0.05) is 11.6 Å². The topological polar surface area (TPSA) is 46.5 Å². The molecule has 90 valence electrons. The Labute approximate surface area is 104 Å². The molecule has 4 heteroatoms. The smallest absolute Gasteiger partial charge is 0.339 e. The average Bonchev–Trinajstić information content (AvgIpc) is 2.30. The number of carbonyl (C=O) groups is 1. The molecule has 0 aromatic heterocycles. The summed E-state index contributed by atoms with van der Waals surface area (Å²) in [5.74, 6) is -0.0131. The lowest BCUT2D eigenvalue weighted by atomic mass is 9.79. The predicted octanol–water partition coefficient (Wildman–Crippen LogP) is 3.46. The predicted molar refractivity (Wildman–Crippen MR) is 64.0 cm³/mol. The van der Waals surface area contributed by atoms with Crippen LogP contribution in [0.5, 0.6) is 5.75 Å². The van der Waals surface area contributed by atoms with Gasteiger partial charge < -0.3 is 9.84 Å². The Morgan fingerprint density at radius 1 is 1.41 bits per heavy atom. The number of rotatable bonds is 1. The van der Waals surface area contributed by atoms with E-state index in [4.69, 9.17) is 16.3 Å². The van der Waals surface area contributed by atoms with E-state index in [0.717, 1.165) is 31.2 Å². The highest BCUT2D eigenvalue weighted by Gasteiger charge is 2.34. The second-order valence-corrected chi connectivity index (χ2v) is 5.22. The third-order valence-corrected chi connectivity index (χ3v) is 3.88.